The van der Waals surface area contributed by atoms with Crippen LogP contribution in [0, 0.1) is 6.92 Å². The largest absolute Gasteiger partial charge is 0.352 e. The molecule has 0 atom stereocenters. The Kier molecular flexibility index (Phi) is 4.58. The number of hydrogen-bond acceptors (Lipinski definition) is 1. The van der Waals surface area contributed by atoms with Gasteiger partial charge >= 0.3 is 0 Å². The first kappa shape index (κ1) is 13.6. The summed E-state index contributed by atoms with van der Waals surface area (Å²) in [5.74, 6) is -0.0277. The highest BCUT2D eigenvalue weighted by Gasteiger charge is 2.06. The molecule has 1 N–H and O–H groups in total. The molecule has 0 aliphatic heterocycles. The summed E-state index contributed by atoms with van der Waals surface area (Å²) in [6.07, 6.45) is 0.776. The molecule has 0 radical (unpaired) electrons. The Morgan fingerprint density at radius 3 is 2.68 bits per heavy atom. The molecule has 1 amide bonds. The van der Waals surface area contributed by atoms with E-state index < -0.39 is 0 Å². The van der Waals surface area contributed by atoms with Crippen molar-refractivity contribution in [1.82, 2.24) is 5.32 Å². The molecule has 2 aromatic rings. The summed E-state index contributed by atoms with van der Waals surface area (Å²) < 4.78 is 0. The van der Waals surface area contributed by atoms with Crippen molar-refractivity contribution in [2.75, 3.05) is 6.54 Å². The quantitative estimate of drug-likeness (QED) is 0.906. The molecule has 0 bridgehead atoms. The lowest BCUT2D eigenvalue weighted by Crippen LogP contribution is -2.26. The van der Waals surface area contributed by atoms with Crippen LogP contribution in [0.1, 0.15) is 21.5 Å². The number of carbonyl (C=O) groups excluding carboxylic acids is 1. The summed E-state index contributed by atoms with van der Waals surface area (Å²) in [4.78, 5) is 12.0. The van der Waals surface area contributed by atoms with Gasteiger partial charge in [-0.2, -0.15) is 0 Å². The number of carbonyl (C=O) groups is 1. The van der Waals surface area contributed by atoms with Crippen molar-refractivity contribution < 1.29 is 4.79 Å². The van der Waals surface area contributed by atoms with E-state index in [4.69, 9.17) is 11.6 Å². The van der Waals surface area contributed by atoms with E-state index in [0.29, 0.717) is 6.54 Å². The van der Waals surface area contributed by atoms with Crippen molar-refractivity contribution in [2.45, 2.75) is 13.3 Å². The summed E-state index contributed by atoms with van der Waals surface area (Å²) in [6.45, 7) is 2.54. The van der Waals surface area contributed by atoms with Gasteiger partial charge in [0, 0.05) is 17.1 Å². The van der Waals surface area contributed by atoms with Crippen LogP contribution in [0.2, 0.25) is 5.02 Å². The summed E-state index contributed by atoms with van der Waals surface area (Å²) in [6, 6.07) is 15.3. The monoisotopic (exact) mass is 273 g/mol. The van der Waals surface area contributed by atoms with Crippen molar-refractivity contribution in [3.8, 4) is 0 Å². The van der Waals surface area contributed by atoms with E-state index >= 15 is 0 Å². The predicted octanol–water partition coefficient (Wildman–Crippen LogP) is 3.62. The third-order valence-corrected chi connectivity index (χ3v) is 3.21. The zero-order valence-corrected chi connectivity index (χ0v) is 11.6. The minimum absolute atomic E-state index is 0.0277. The highest BCUT2D eigenvalue weighted by atomic mass is 35.5. The number of rotatable bonds is 4. The molecule has 19 heavy (non-hydrogen) atoms. The molecule has 0 aliphatic rings. The SMILES string of the molecule is Cc1ccccc1C(=O)NCCc1cccc(Cl)c1. The first-order valence-corrected chi connectivity index (χ1v) is 6.63. The molecule has 0 aliphatic carbocycles. The Hall–Kier alpha value is -1.80. The van der Waals surface area contributed by atoms with Crippen molar-refractivity contribution in [3.05, 3.63) is 70.2 Å². The fraction of sp³-hybridized carbons (Fsp3) is 0.188. The van der Waals surface area contributed by atoms with E-state index in [2.05, 4.69) is 5.32 Å². The second-order valence-corrected chi connectivity index (χ2v) is 4.89. The van der Waals surface area contributed by atoms with Gasteiger partial charge in [0.15, 0.2) is 0 Å². The van der Waals surface area contributed by atoms with Gasteiger partial charge < -0.3 is 5.32 Å². The lowest BCUT2D eigenvalue weighted by molar-refractivity contribution is 0.0953. The highest BCUT2D eigenvalue weighted by molar-refractivity contribution is 6.30. The molecule has 2 rings (SSSR count). The Morgan fingerprint density at radius 1 is 1.16 bits per heavy atom. The van der Waals surface area contributed by atoms with Gasteiger partial charge in [0.1, 0.15) is 0 Å². The van der Waals surface area contributed by atoms with Crippen molar-refractivity contribution >= 4 is 17.5 Å². The van der Waals surface area contributed by atoms with E-state index in [0.717, 1.165) is 28.1 Å². The Bertz CT molecular complexity index is 580. The molecular weight excluding hydrogens is 258 g/mol. The number of nitrogens with one attached hydrogen (secondary N) is 1. The molecule has 2 nitrogen and oxygen atoms in total. The average molecular weight is 274 g/mol. The standard InChI is InChI=1S/C16H16ClNO/c1-12-5-2-3-8-15(12)16(19)18-10-9-13-6-4-7-14(17)11-13/h2-8,11H,9-10H2,1H3,(H,18,19). The second kappa shape index (κ2) is 6.39. The van der Waals surface area contributed by atoms with Gasteiger partial charge in [-0.1, -0.05) is 41.9 Å². The first-order chi connectivity index (χ1) is 9.16. The summed E-state index contributed by atoms with van der Waals surface area (Å²) in [5, 5.41) is 3.65. The van der Waals surface area contributed by atoms with Crippen molar-refractivity contribution in [3.63, 3.8) is 0 Å². The second-order valence-electron chi connectivity index (χ2n) is 4.45. The lowest BCUT2D eigenvalue weighted by atomic mass is 10.1. The fourth-order valence-corrected chi connectivity index (χ4v) is 2.15. The zero-order chi connectivity index (χ0) is 13.7. The summed E-state index contributed by atoms with van der Waals surface area (Å²) in [5.41, 5.74) is 2.84. The van der Waals surface area contributed by atoms with E-state index in [-0.39, 0.29) is 5.91 Å². The van der Waals surface area contributed by atoms with Crippen LogP contribution in [0.3, 0.4) is 0 Å². The average Bonchev–Trinajstić information content (AvgIpc) is 2.39. The van der Waals surface area contributed by atoms with Crippen LogP contribution in [0.25, 0.3) is 0 Å². The van der Waals surface area contributed by atoms with Crippen molar-refractivity contribution in [1.29, 1.82) is 0 Å². The topological polar surface area (TPSA) is 29.1 Å². The fourth-order valence-electron chi connectivity index (χ4n) is 1.94. The molecule has 2 aromatic carbocycles. The smallest absolute Gasteiger partial charge is 0.251 e. The van der Waals surface area contributed by atoms with Crippen LogP contribution in [-0.2, 0) is 6.42 Å². The number of aryl methyl sites for hydroxylation is 1. The van der Waals surface area contributed by atoms with Gasteiger partial charge in [0.25, 0.3) is 5.91 Å². The Morgan fingerprint density at radius 2 is 1.95 bits per heavy atom. The van der Waals surface area contributed by atoms with Gasteiger partial charge in [-0.05, 0) is 42.7 Å². The molecule has 0 unspecified atom stereocenters. The van der Waals surface area contributed by atoms with E-state index in [1.165, 1.54) is 0 Å². The van der Waals surface area contributed by atoms with Gasteiger partial charge in [-0.25, -0.2) is 0 Å². The molecule has 98 valence electrons. The first-order valence-electron chi connectivity index (χ1n) is 6.25. The van der Waals surface area contributed by atoms with E-state index in [1.807, 2.05) is 55.5 Å². The molecular formula is C16H16ClNO. The Labute approximate surface area is 118 Å². The number of benzene rings is 2. The van der Waals surface area contributed by atoms with E-state index in [9.17, 15) is 4.79 Å². The van der Waals surface area contributed by atoms with Crippen LogP contribution in [0.15, 0.2) is 48.5 Å². The molecule has 0 spiro atoms. The molecule has 0 saturated carbocycles. The minimum Gasteiger partial charge on any atom is -0.352 e. The molecule has 0 heterocycles. The summed E-state index contributed by atoms with van der Waals surface area (Å²) in [7, 11) is 0. The van der Waals surface area contributed by atoms with Gasteiger partial charge in [0.05, 0.1) is 0 Å². The van der Waals surface area contributed by atoms with Gasteiger partial charge in [-0.15, -0.1) is 0 Å². The molecule has 3 heteroatoms. The third kappa shape index (κ3) is 3.83. The van der Waals surface area contributed by atoms with Crippen LogP contribution < -0.4 is 5.32 Å². The zero-order valence-electron chi connectivity index (χ0n) is 10.8. The summed E-state index contributed by atoms with van der Waals surface area (Å²) >= 11 is 5.92. The van der Waals surface area contributed by atoms with E-state index in [1.54, 1.807) is 0 Å². The number of hydrogen-bond donors (Lipinski definition) is 1. The van der Waals surface area contributed by atoms with Crippen LogP contribution in [-0.4, -0.2) is 12.5 Å². The minimum atomic E-state index is -0.0277. The maximum atomic E-state index is 12.0. The molecule has 0 aromatic heterocycles. The third-order valence-electron chi connectivity index (χ3n) is 2.98. The number of halogens is 1. The van der Waals surface area contributed by atoms with Crippen LogP contribution >= 0.6 is 11.6 Å². The normalized spacial score (nSPS) is 10.2. The van der Waals surface area contributed by atoms with Crippen LogP contribution in [0.4, 0.5) is 0 Å². The van der Waals surface area contributed by atoms with Gasteiger partial charge in [-0.3, -0.25) is 4.79 Å². The molecule has 0 fully saturated rings. The van der Waals surface area contributed by atoms with Crippen LogP contribution in [0.5, 0.6) is 0 Å². The highest BCUT2D eigenvalue weighted by Crippen LogP contribution is 2.11. The Balaban J connectivity index is 1.90. The predicted molar refractivity (Wildman–Crippen MR) is 78.7 cm³/mol. The maximum Gasteiger partial charge on any atom is 0.251 e. The lowest BCUT2D eigenvalue weighted by Gasteiger charge is -2.07. The van der Waals surface area contributed by atoms with Gasteiger partial charge in [0.2, 0.25) is 0 Å². The van der Waals surface area contributed by atoms with Crippen molar-refractivity contribution in [2.24, 2.45) is 0 Å². The number of amides is 1. The molecule has 0 saturated heterocycles. The maximum absolute atomic E-state index is 12.0.